The van der Waals surface area contributed by atoms with Gasteiger partial charge in [0.2, 0.25) is 0 Å². The Morgan fingerprint density at radius 1 is 1.53 bits per heavy atom. The average molecular weight is 235 g/mol. The van der Waals surface area contributed by atoms with Crippen LogP contribution in [0, 0.1) is 0 Å². The van der Waals surface area contributed by atoms with Crippen LogP contribution in [0.3, 0.4) is 0 Å². The molecule has 0 amide bonds. The molecule has 92 valence electrons. The SMILES string of the molecule is CC(N)CCCNc1ccc2oc(=O)[nH]c2c1. The summed E-state index contributed by atoms with van der Waals surface area (Å²) in [5, 5.41) is 3.28. The van der Waals surface area contributed by atoms with Crippen molar-refractivity contribution in [1.29, 1.82) is 0 Å². The third kappa shape index (κ3) is 3.10. The first-order valence-electron chi connectivity index (χ1n) is 5.77. The minimum absolute atomic E-state index is 0.240. The summed E-state index contributed by atoms with van der Waals surface area (Å²) in [6.07, 6.45) is 2.02. The summed E-state index contributed by atoms with van der Waals surface area (Å²) in [6.45, 7) is 2.87. The molecule has 17 heavy (non-hydrogen) atoms. The van der Waals surface area contributed by atoms with Crippen LogP contribution < -0.4 is 16.8 Å². The summed E-state index contributed by atoms with van der Waals surface area (Å²) >= 11 is 0. The van der Waals surface area contributed by atoms with Crippen molar-refractivity contribution in [2.24, 2.45) is 5.73 Å². The van der Waals surface area contributed by atoms with Gasteiger partial charge in [-0.1, -0.05) is 0 Å². The number of anilines is 1. The molecule has 0 aliphatic heterocycles. The van der Waals surface area contributed by atoms with Gasteiger partial charge in [0, 0.05) is 18.3 Å². The second kappa shape index (κ2) is 5.05. The summed E-state index contributed by atoms with van der Waals surface area (Å²) in [5.74, 6) is -0.422. The molecular formula is C12H17N3O2. The monoisotopic (exact) mass is 235 g/mol. The van der Waals surface area contributed by atoms with Gasteiger partial charge in [-0.15, -0.1) is 0 Å². The van der Waals surface area contributed by atoms with Crippen molar-refractivity contribution < 1.29 is 4.42 Å². The zero-order valence-electron chi connectivity index (χ0n) is 9.82. The normalized spacial score (nSPS) is 12.8. The van der Waals surface area contributed by atoms with E-state index in [1.165, 1.54) is 0 Å². The van der Waals surface area contributed by atoms with E-state index in [1.54, 1.807) is 6.07 Å². The Kier molecular flexibility index (Phi) is 3.49. The van der Waals surface area contributed by atoms with Crippen molar-refractivity contribution in [3.63, 3.8) is 0 Å². The average Bonchev–Trinajstić information content (AvgIpc) is 2.63. The predicted octanol–water partition coefficient (Wildman–Crippen LogP) is 1.66. The number of H-pyrrole nitrogens is 1. The molecule has 0 bridgehead atoms. The quantitative estimate of drug-likeness (QED) is 0.688. The smallest absolute Gasteiger partial charge is 0.408 e. The minimum atomic E-state index is -0.422. The van der Waals surface area contributed by atoms with Crippen molar-refractivity contribution in [2.75, 3.05) is 11.9 Å². The fraction of sp³-hybridized carbons (Fsp3) is 0.417. The molecule has 4 N–H and O–H groups in total. The van der Waals surface area contributed by atoms with E-state index in [9.17, 15) is 4.79 Å². The summed E-state index contributed by atoms with van der Waals surface area (Å²) in [7, 11) is 0. The first kappa shape index (κ1) is 11.7. The highest BCUT2D eigenvalue weighted by atomic mass is 16.4. The van der Waals surface area contributed by atoms with Crippen LogP contribution in [0.2, 0.25) is 0 Å². The fourth-order valence-electron chi connectivity index (χ4n) is 1.72. The van der Waals surface area contributed by atoms with Gasteiger partial charge in [0.25, 0.3) is 0 Å². The number of benzene rings is 1. The van der Waals surface area contributed by atoms with E-state index in [2.05, 4.69) is 10.3 Å². The largest absolute Gasteiger partial charge is 0.417 e. The number of aromatic amines is 1. The second-order valence-electron chi connectivity index (χ2n) is 4.27. The van der Waals surface area contributed by atoms with Crippen LogP contribution >= 0.6 is 0 Å². The van der Waals surface area contributed by atoms with Crippen LogP contribution in [0.4, 0.5) is 5.69 Å². The molecule has 1 unspecified atom stereocenters. The van der Waals surface area contributed by atoms with E-state index in [0.29, 0.717) is 11.1 Å². The summed E-state index contributed by atoms with van der Waals surface area (Å²) in [4.78, 5) is 13.6. The van der Waals surface area contributed by atoms with Gasteiger partial charge < -0.3 is 15.5 Å². The van der Waals surface area contributed by atoms with Crippen molar-refractivity contribution in [1.82, 2.24) is 4.98 Å². The molecule has 0 aliphatic carbocycles. The van der Waals surface area contributed by atoms with Gasteiger partial charge in [0.05, 0.1) is 5.52 Å². The number of hydrogen-bond donors (Lipinski definition) is 3. The van der Waals surface area contributed by atoms with E-state index < -0.39 is 5.76 Å². The van der Waals surface area contributed by atoms with Gasteiger partial charge in [-0.2, -0.15) is 0 Å². The van der Waals surface area contributed by atoms with Crippen molar-refractivity contribution in [3.8, 4) is 0 Å². The lowest BCUT2D eigenvalue weighted by Gasteiger charge is -2.07. The molecule has 0 saturated heterocycles. The third-order valence-electron chi connectivity index (χ3n) is 2.58. The van der Waals surface area contributed by atoms with Crippen molar-refractivity contribution in [2.45, 2.75) is 25.8 Å². The van der Waals surface area contributed by atoms with Crippen molar-refractivity contribution in [3.05, 3.63) is 28.7 Å². The van der Waals surface area contributed by atoms with Crippen LogP contribution in [0.25, 0.3) is 11.1 Å². The topological polar surface area (TPSA) is 84.0 Å². The first-order chi connectivity index (χ1) is 8.15. The van der Waals surface area contributed by atoms with Gasteiger partial charge in [-0.25, -0.2) is 4.79 Å². The number of rotatable bonds is 5. The fourth-order valence-corrected chi connectivity index (χ4v) is 1.72. The maximum Gasteiger partial charge on any atom is 0.417 e. The Bertz CT molecular complexity index is 542. The summed E-state index contributed by atoms with van der Waals surface area (Å²) in [6, 6.07) is 5.78. The van der Waals surface area contributed by atoms with Crippen LogP contribution in [-0.2, 0) is 0 Å². The first-order valence-corrected chi connectivity index (χ1v) is 5.77. The van der Waals surface area contributed by atoms with Gasteiger partial charge in [-0.3, -0.25) is 4.98 Å². The minimum Gasteiger partial charge on any atom is -0.408 e. The third-order valence-corrected chi connectivity index (χ3v) is 2.58. The Balaban J connectivity index is 1.97. The van der Waals surface area contributed by atoms with E-state index in [4.69, 9.17) is 10.2 Å². The Morgan fingerprint density at radius 2 is 2.35 bits per heavy atom. The van der Waals surface area contributed by atoms with Gasteiger partial charge in [0.1, 0.15) is 0 Å². The van der Waals surface area contributed by atoms with E-state index in [-0.39, 0.29) is 6.04 Å². The molecule has 1 aromatic heterocycles. The summed E-state index contributed by atoms with van der Waals surface area (Å²) in [5.41, 5.74) is 7.94. The second-order valence-corrected chi connectivity index (χ2v) is 4.27. The molecule has 2 rings (SSSR count). The lowest BCUT2D eigenvalue weighted by molar-refractivity contribution is 0.555. The number of fused-ring (bicyclic) bond motifs is 1. The highest BCUT2D eigenvalue weighted by molar-refractivity contribution is 5.76. The maximum atomic E-state index is 11.0. The maximum absolute atomic E-state index is 11.0. The summed E-state index contributed by atoms with van der Waals surface area (Å²) < 4.78 is 4.92. The molecule has 2 aromatic rings. The van der Waals surface area contributed by atoms with Crippen LogP contribution in [0.1, 0.15) is 19.8 Å². The molecule has 5 nitrogen and oxygen atoms in total. The van der Waals surface area contributed by atoms with Crippen LogP contribution in [0.5, 0.6) is 0 Å². The Morgan fingerprint density at radius 3 is 3.12 bits per heavy atom. The highest BCUT2D eigenvalue weighted by Crippen LogP contribution is 2.16. The molecule has 1 aromatic carbocycles. The van der Waals surface area contributed by atoms with E-state index >= 15 is 0 Å². The standard InChI is InChI=1S/C12H17N3O2/c1-8(13)3-2-6-14-9-4-5-11-10(7-9)15-12(16)17-11/h4-5,7-8,14H,2-3,6,13H2,1H3,(H,15,16). The zero-order chi connectivity index (χ0) is 12.3. The van der Waals surface area contributed by atoms with E-state index in [1.807, 2.05) is 19.1 Å². The highest BCUT2D eigenvalue weighted by Gasteiger charge is 2.01. The molecule has 0 aliphatic rings. The molecule has 5 heteroatoms. The number of oxazole rings is 1. The number of nitrogens with one attached hydrogen (secondary N) is 2. The number of nitrogens with two attached hydrogens (primary N) is 1. The number of aromatic nitrogens is 1. The number of hydrogen-bond acceptors (Lipinski definition) is 4. The van der Waals surface area contributed by atoms with E-state index in [0.717, 1.165) is 25.1 Å². The van der Waals surface area contributed by atoms with Gasteiger partial charge >= 0.3 is 5.76 Å². The molecule has 1 heterocycles. The zero-order valence-corrected chi connectivity index (χ0v) is 9.82. The molecule has 1 atom stereocenters. The Labute approximate surface area is 99.0 Å². The predicted molar refractivity (Wildman–Crippen MR) is 68.2 cm³/mol. The van der Waals surface area contributed by atoms with Crippen LogP contribution in [-0.4, -0.2) is 17.6 Å². The molecule has 0 saturated carbocycles. The van der Waals surface area contributed by atoms with Gasteiger partial charge in [-0.05, 0) is 38.0 Å². The van der Waals surface area contributed by atoms with Gasteiger partial charge in [0.15, 0.2) is 5.58 Å². The van der Waals surface area contributed by atoms with Crippen molar-refractivity contribution >= 4 is 16.8 Å². The van der Waals surface area contributed by atoms with Crippen LogP contribution in [0.15, 0.2) is 27.4 Å². The molecule has 0 fully saturated rings. The lowest BCUT2D eigenvalue weighted by Crippen LogP contribution is -2.16. The molecular weight excluding hydrogens is 218 g/mol. The lowest BCUT2D eigenvalue weighted by atomic mass is 10.2. The molecule has 0 spiro atoms. The molecule has 0 radical (unpaired) electrons. The Hall–Kier alpha value is -1.75.